The van der Waals surface area contributed by atoms with Crippen molar-refractivity contribution in [3.8, 4) is 0 Å². The van der Waals surface area contributed by atoms with Gasteiger partial charge in [-0.1, -0.05) is 0 Å². The van der Waals surface area contributed by atoms with E-state index in [2.05, 4.69) is 5.32 Å². The van der Waals surface area contributed by atoms with Crippen LogP contribution < -0.4 is 11.1 Å². The Morgan fingerprint density at radius 1 is 1.08 bits per heavy atom. The summed E-state index contributed by atoms with van der Waals surface area (Å²) in [4.78, 5) is 45.2. The van der Waals surface area contributed by atoms with E-state index in [0.717, 1.165) is 20.5 Å². The van der Waals surface area contributed by atoms with Crippen molar-refractivity contribution < 1.29 is 38.1 Å². The maximum absolute atomic E-state index is 11.4. The van der Waals surface area contributed by atoms with Crippen LogP contribution in [0.15, 0.2) is 0 Å². The van der Waals surface area contributed by atoms with Gasteiger partial charge in [0, 0.05) is 27.7 Å². The van der Waals surface area contributed by atoms with Crippen LogP contribution in [-0.4, -0.2) is 54.4 Å². The molecule has 0 spiro atoms. The van der Waals surface area contributed by atoms with Gasteiger partial charge in [-0.05, 0) is 0 Å². The molecule has 24 heavy (non-hydrogen) atoms. The zero-order chi connectivity index (χ0) is 18.5. The molecular weight excluding hydrogens is 324 g/mol. The van der Waals surface area contributed by atoms with E-state index >= 15 is 0 Å². The number of amides is 1. The fraction of sp³-hybridized carbons (Fsp3) is 0.643. The van der Waals surface area contributed by atoms with E-state index in [9.17, 15) is 19.2 Å². The number of carbonyl (C=O) groups excluding carboxylic acids is 4. The number of esters is 3. The minimum Gasteiger partial charge on any atom is -0.463 e. The standard InChI is InChI=1S/C14H21N2O8/c1-7(17)16-14(15)6-22-11(5-21-8(2)18)12(23-9(3)19)13(14)24-10(4)20/h6,11-13H,5,15H2,1-4H3,(H,16,17)/t11-,12-,13+,14-/m1/s1. The van der Waals surface area contributed by atoms with Crippen LogP contribution in [-0.2, 0) is 38.1 Å². The molecule has 1 radical (unpaired) electrons. The second-order valence-electron chi connectivity index (χ2n) is 5.31. The normalized spacial score (nSPS) is 29.3. The van der Waals surface area contributed by atoms with Crippen LogP contribution in [0, 0.1) is 6.61 Å². The third-order valence-electron chi connectivity index (χ3n) is 3.01. The minimum atomic E-state index is -1.73. The number of ether oxygens (including phenoxy) is 4. The Labute approximate surface area is 138 Å². The molecule has 0 aliphatic carbocycles. The molecule has 0 aromatic carbocycles. The summed E-state index contributed by atoms with van der Waals surface area (Å²) in [7, 11) is 0. The third kappa shape index (κ3) is 5.46. The van der Waals surface area contributed by atoms with Crippen molar-refractivity contribution in [2.24, 2.45) is 5.73 Å². The van der Waals surface area contributed by atoms with E-state index in [0.29, 0.717) is 0 Å². The van der Waals surface area contributed by atoms with E-state index in [-0.39, 0.29) is 6.61 Å². The lowest BCUT2D eigenvalue weighted by Gasteiger charge is -2.46. The van der Waals surface area contributed by atoms with Crippen LogP contribution in [0.5, 0.6) is 0 Å². The maximum Gasteiger partial charge on any atom is 0.303 e. The van der Waals surface area contributed by atoms with Crippen LogP contribution in [0.25, 0.3) is 0 Å². The maximum atomic E-state index is 11.4. The van der Waals surface area contributed by atoms with Crippen molar-refractivity contribution >= 4 is 23.8 Å². The average molecular weight is 345 g/mol. The smallest absolute Gasteiger partial charge is 0.303 e. The van der Waals surface area contributed by atoms with Crippen molar-refractivity contribution in [3.05, 3.63) is 6.61 Å². The van der Waals surface area contributed by atoms with Crippen molar-refractivity contribution in [3.63, 3.8) is 0 Å². The Morgan fingerprint density at radius 3 is 2.12 bits per heavy atom. The molecule has 1 fully saturated rings. The summed E-state index contributed by atoms with van der Waals surface area (Å²) >= 11 is 0. The topological polar surface area (TPSA) is 143 Å². The molecule has 1 saturated heterocycles. The zero-order valence-electron chi connectivity index (χ0n) is 13.9. The third-order valence-corrected chi connectivity index (χ3v) is 3.01. The fourth-order valence-electron chi connectivity index (χ4n) is 2.22. The van der Waals surface area contributed by atoms with Gasteiger partial charge >= 0.3 is 17.9 Å². The van der Waals surface area contributed by atoms with E-state index < -0.39 is 47.8 Å². The molecule has 1 amide bonds. The van der Waals surface area contributed by atoms with Crippen LogP contribution in [0.2, 0.25) is 0 Å². The summed E-state index contributed by atoms with van der Waals surface area (Å²) in [5.41, 5.74) is 4.32. The zero-order valence-corrected chi connectivity index (χ0v) is 13.9. The van der Waals surface area contributed by atoms with Crippen molar-refractivity contribution in [2.75, 3.05) is 6.61 Å². The molecule has 1 rings (SSSR count). The molecule has 1 aliphatic heterocycles. The van der Waals surface area contributed by atoms with Gasteiger partial charge in [-0.3, -0.25) is 19.2 Å². The number of carbonyl (C=O) groups is 4. The van der Waals surface area contributed by atoms with Gasteiger partial charge in [0.25, 0.3) is 0 Å². The molecule has 0 saturated carbocycles. The highest BCUT2D eigenvalue weighted by molar-refractivity contribution is 5.74. The summed E-state index contributed by atoms with van der Waals surface area (Å²) in [5, 5.41) is 2.38. The van der Waals surface area contributed by atoms with Gasteiger partial charge < -0.3 is 30.0 Å². The first-order valence-electron chi connectivity index (χ1n) is 7.10. The molecule has 0 aromatic heterocycles. The number of hydrogen-bond donors (Lipinski definition) is 2. The van der Waals surface area contributed by atoms with Crippen molar-refractivity contribution in [1.29, 1.82) is 0 Å². The van der Waals surface area contributed by atoms with Gasteiger partial charge in [0.2, 0.25) is 5.91 Å². The molecule has 1 aliphatic rings. The highest BCUT2D eigenvalue weighted by Crippen LogP contribution is 2.29. The first-order valence-corrected chi connectivity index (χ1v) is 7.10. The Bertz CT molecular complexity index is 523. The van der Waals surface area contributed by atoms with Gasteiger partial charge in [-0.15, -0.1) is 0 Å². The van der Waals surface area contributed by atoms with Gasteiger partial charge in [-0.25, -0.2) is 0 Å². The van der Waals surface area contributed by atoms with E-state index in [4.69, 9.17) is 24.7 Å². The molecule has 10 heteroatoms. The minimum absolute atomic E-state index is 0.266. The first kappa shape index (κ1) is 19.8. The monoisotopic (exact) mass is 345 g/mol. The fourth-order valence-corrected chi connectivity index (χ4v) is 2.22. The SMILES string of the molecule is CC(=O)N[C@]1(N)[CH]O[C@H](COC(C)=O)[C@@H](OC(C)=O)[C@@H]1OC(C)=O. The Morgan fingerprint density at radius 2 is 1.67 bits per heavy atom. The van der Waals surface area contributed by atoms with Gasteiger partial charge in [0.05, 0.1) is 0 Å². The van der Waals surface area contributed by atoms with E-state index in [1.165, 1.54) is 13.8 Å². The van der Waals surface area contributed by atoms with Gasteiger partial charge in [0.1, 0.15) is 19.3 Å². The quantitative estimate of drug-likeness (QED) is 0.355. The van der Waals surface area contributed by atoms with Crippen molar-refractivity contribution in [1.82, 2.24) is 5.32 Å². The Kier molecular flexibility index (Phi) is 6.67. The van der Waals surface area contributed by atoms with Crippen LogP contribution in [0.4, 0.5) is 0 Å². The summed E-state index contributed by atoms with van der Waals surface area (Å²) in [6.45, 7) is 5.46. The highest BCUT2D eigenvalue weighted by Gasteiger charge is 2.53. The van der Waals surface area contributed by atoms with Gasteiger partial charge in [0.15, 0.2) is 17.9 Å². The molecule has 4 atom stereocenters. The van der Waals surface area contributed by atoms with Crippen molar-refractivity contribution in [2.45, 2.75) is 51.7 Å². The number of nitrogens with one attached hydrogen (secondary N) is 1. The first-order chi connectivity index (χ1) is 11.0. The lowest BCUT2D eigenvalue weighted by Crippen LogP contribution is -2.73. The number of hydrogen-bond acceptors (Lipinski definition) is 9. The summed E-state index contributed by atoms with van der Waals surface area (Å²) in [5.74, 6) is -2.50. The van der Waals surface area contributed by atoms with E-state index in [1.54, 1.807) is 0 Å². The number of nitrogens with two attached hydrogens (primary N) is 1. The van der Waals surface area contributed by atoms with Crippen LogP contribution in [0.1, 0.15) is 27.7 Å². The Balaban J connectivity index is 3.13. The van der Waals surface area contributed by atoms with Gasteiger partial charge in [-0.2, -0.15) is 0 Å². The molecule has 0 aromatic rings. The molecule has 0 unspecified atom stereocenters. The van der Waals surface area contributed by atoms with Crippen LogP contribution in [0.3, 0.4) is 0 Å². The lowest BCUT2D eigenvalue weighted by molar-refractivity contribution is -0.209. The summed E-state index contributed by atoms with van der Waals surface area (Å²) < 4.78 is 20.5. The second kappa shape index (κ2) is 8.06. The largest absolute Gasteiger partial charge is 0.463 e. The average Bonchev–Trinajstić information content (AvgIpc) is 2.40. The van der Waals surface area contributed by atoms with Crippen LogP contribution >= 0.6 is 0 Å². The van der Waals surface area contributed by atoms with E-state index in [1.807, 2.05) is 0 Å². The lowest BCUT2D eigenvalue weighted by atomic mass is 9.92. The molecule has 10 nitrogen and oxygen atoms in total. The predicted octanol–water partition coefficient (Wildman–Crippen LogP) is -1.24. The highest BCUT2D eigenvalue weighted by atomic mass is 16.6. The Hall–Kier alpha value is -2.20. The molecule has 0 bridgehead atoms. The molecule has 1 heterocycles. The molecule has 3 N–H and O–H groups in total. The molecular formula is C14H21N2O8. The summed E-state index contributed by atoms with van der Waals surface area (Å²) in [6.07, 6.45) is -3.45. The summed E-state index contributed by atoms with van der Waals surface area (Å²) in [6, 6.07) is 0. The predicted molar refractivity (Wildman–Crippen MR) is 77.6 cm³/mol. The second-order valence-corrected chi connectivity index (χ2v) is 5.31. The number of rotatable bonds is 5. The molecule has 135 valence electrons.